The first-order valence-electron chi connectivity index (χ1n) is 8.89. The van der Waals surface area contributed by atoms with Crippen LogP contribution in [0.2, 0.25) is 0 Å². The monoisotopic (exact) mass is 347 g/mol. The molecule has 0 bridgehead atoms. The van der Waals surface area contributed by atoms with Crippen LogP contribution in [-0.4, -0.2) is 49.2 Å². The van der Waals surface area contributed by atoms with Crippen molar-refractivity contribution < 1.29 is 0 Å². The molecule has 1 spiro atoms. The van der Waals surface area contributed by atoms with E-state index in [9.17, 15) is 0 Å². The molecule has 0 aromatic carbocycles. The van der Waals surface area contributed by atoms with Crippen LogP contribution in [0.25, 0.3) is 0 Å². The van der Waals surface area contributed by atoms with Crippen molar-refractivity contribution in [1.82, 2.24) is 35.4 Å². The first kappa shape index (κ1) is 16.1. The molecule has 8 heteroatoms. The van der Waals surface area contributed by atoms with Gasteiger partial charge in [0.25, 0.3) is 0 Å². The molecule has 24 heavy (non-hydrogen) atoms. The topological polar surface area (TPSA) is 71.8 Å². The van der Waals surface area contributed by atoms with Crippen LogP contribution in [0.5, 0.6) is 0 Å². The van der Waals surface area contributed by atoms with Gasteiger partial charge in [-0.1, -0.05) is 6.92 Å². The quantitative estimate of drug-likeness (QED) is 0.822. The second-order valence-electron chi connectivity index (χ2n) is 6.98. The molecular weight excluding hydrogens is 322 g/mol. The Labute approximate surface area is 146 Å². The molecule has 1 saturated carbocycles. The van der Waals surface area contributed by atoms with Gasteiger partial charge < -0.3 is 5.32 Å². The summed E-state index contributed by atoms with van der Waals surface area (Å²) in [6, 6.07) is 0.635. The lowest BCUT2D eigenvalue weighted by Crippen LogP contribution is -2.36. The molecule has 2 aliphatic rings. The van der Waals surface area contributed by atoms with Gasteiger partial charge in [-0.05, 0) is 54.6 Å². The highest BCUT2D eigenvalue weighted by atomic mass is 32.1. The normalized spacial score (nSPS) is 22.3. The Morgan fingerprint density at radius 2 is 2.25 bits per heavy atom. The number of aryl methyl sites for hydroxylation is 1. The summed E-state index contributed by atoms with van der Waals surface area (Å²) in [5.74, 6) is 0.976. The van der Waals surface area contributed by atoms with Crippen LogP contribution in [0, 0.1) is 5.41 Å². The lowest BCUT2D eigenvalue weighted by molar-refractivity contribution is 0.181. The van der Waals surface area contributed by atoms with Gasteiger partial charge in [-0.3, -0.25) is 4.90 Å². The predicted molar refractivity (Wildman–Crippen MR) is 92.4 cm³/mol. The van der Waals surface area contributed by atoms with Crippen LogP contribution in [0.1, 0.15) is 43.4 Å². The van der Waals surface area contributed by atoms with Gasteiger partial charge in [-0.15, -0.1) is 16.4 Å². The summed E-state index contributed by atoms with van der Waals surface area (Å²) in [7, 11) is 0. The van der Waals surface area contributed by atoms with E-state index < -0.39 is 0 Å². The second-order valence-corrected chi connectivity index (χ2v) is 7.96. The van der Waals surface area contributed by atoms with E-state index in [-0.39, 0.29) is 0 Å². The molecule has 1 aliphatic heterocycles. The molecule has 4 rings (SSSR count). The van der Waals surface area contributed by atoms with Crippen molar-refractivity contribution in [2.24, 2.45) is 5.41 Å². The van der Waals surface area contributed by atoms with E-state index in [1.807, 2.05) is 10.9 Å². The zero-order valence-corrected chi connectivity index (χ0v) is 15.0. The average molecular weight is 347 g/mol. The number of rotatable bonds is 7. The molecular formula is C16H25N7S. The Balaban J connectivity index is 1.51. The third-order valence-corrected chi connectivity index (χ3v) is 6.16. The van der Waals surface area contributed by atoms with Crippen molar-refractivity contribution >= 4 is 11.3 Å². The fraction of sp³-hybridized carbons (Fsp3) is 0.750. The number of tetrazole rings is 1. The summed E-state index contributed by atoms with van der Waals surface area (Å²) in [5, 5.41) is 19.0. The van der Waals surface area contributed by atoms with E-state index >= 15 is 0 Å². The zero-order chi connectivity index (χ0) is 16.4. The minimum atomic E-state index is 0.506. The van der Waals surface area contributed by atoms with Crippen molar-refractivity contribution in [3.05, 3.63) is 22.4 Å². The molecule has 2 fully saturated rings. The number of nitrogens with one attached hydrogen (secondary N) is 1. The lowest BCUT2D eigenvalue weighted by atomic mass is 9.93. The van der Waals surface area contributed by atoms with Gasteiger partial charge in [-0.25, -0.2) is 9.67 Å². The zero-order valence-electron chi connectivity index (χ0n) is 14.2. The van der Waals surface area contributed by atoms with Crippen LogP contribution < -0.4 is 5.32 Å². The van der Waals surface area contributed by atoms with E-state index in [1.165, 1.54) is 24.3 Å². The van der Waals surface area contributed by atoms with E-state index in [0.29, 0.717) is 11.5 Å². The molecule has 2 aromatic rings. The van der Waals surface area contributed by atoms with Gasteiger partial charge in [0.15, 0.2) is 5.82 Å². The Morgan fingerprint density at radius 3 is 3.00 bits per heavy atom. The van der Waals surface area contributed by atoms with Gasteiger partial charge in [0.2, 0.25) is 0 Å². The third-order valence-electron chi connectivity index (χ3n) is 5.39. The highest BCUT2D eigenvalue weighted by Crippen LogP contribution is 2.56. The minimum Gasteiger partial charge on any atom is -0.317 e. The lowest BCUT2D eigenvalue weighted by Gasteiger charge is -2.28. The standard InChI is InChI=1S/C16H25N7S/c1-2-8-23-14(19-20-21-23)11-22(12-15-18-7-9-24-15)13-10-16(13)3-5-17-6-4-16/h7,9,13,17H,2-6,8,10-12H2,1H3/t13-/m0/s1. The van der Waals surface area contributed by atoms with Crippen LogP contribution in [-0.2, 0) is 19.6 Å². The maximum Gasteiger partial charge on any atom is 0.165 e. The number of hydrogen-bond acceptors (Lipinski definition) is 7. The Kier molecular flexibility index (Phi) is 4.60. The summed E-state index contributed by atoms with van der Waals surface area (Å²) in [6.45, 7) is 7.05. The van der Waals surface area contributed by atoms with Crippen molar-refractivity contribution in [2.75, 3.05) is 13.1 Å². The van der Waals surface area contributed by atoms with Crippen LogP contribution in [0.15, 0.2) is 11.6 Å². The molecule has 1 saturated heterocycles. The van der Waals surface area contributed by atoms with Gasteiger partial charge in [0.1, 0.15) is 5.01 Å². The molecule has 1 N–H and O–H groups in total. The predicted octanol–water partition coefficient (Wildman–Crippen LogP) is 1.68. The van der Waals surface area contributed by atoms with Gasteiger partial charge in [-0.2, -0.15) is 0 Å². The van der Waals surface area contributed by atoms with Crippen LogP contribution in [0.4, 0.5) is 0 Å². The molecule has 0 amide bonds. The maximum absolute atomic E-state index is 4.49. The Hall–Kier alpha value is -1.38. The summed E-state index contributed by atoms with van der Waals surface area (Å²) in [5.41, 5.74) is 0.506. The van der Waals surface area contributed by atoms with Gasteiger partial charge in [0, 0.05) is 24.2 Å². The minimum absolute atomic E-state index is 0.506. The van der Waals surface area contributed by atoms with Gasteiger partial charge in [0.05, 0.1) is 13.1 Å². The van der Waals surface area contributed by atoms with Crippen LogP contribution >= 0.6 is 11.3 Å². The number of thiazole rings is 1. The molecule has 3 heterocycles. The second kappa shape index (κ2) is 6.85. The number of nitrogens with zero attached hydrogens (tertiary/aromatic N) is 6. The fourth-order valence-corrected chi connectivity index (χ4v) is 4.63. The SMILES string of the molecule is CCCn1nnnc1CN(Cc1nccs1)[C@H]1CC12CCNCC2. The highest BCUT2D eigenvalue weighted by molar-refractivity contribution is 7.09. The van der Waals surface area contributed by atoms with E-state index in [2.05, 4.69) is 43.0 Å². The number of aromatic nitrogens is 5. The Bertz CT molecular complexity index is 647. The van der Waals surface area contributed by atoms with E-state index in [1.54, 1.807) is 11.3 Å². The Morgan fingerprint density at radius 1 is 1.38 bits per heavy atom. The average Bonchev–Trinajstić information content (AvgIpc) is 2.98. The summed E-state index contributed by atoms with van der Waals surface area (Å²) in [4.78, 5) is 7.05. The molecule has 130 valence electrons. The molecule has 2 aromatic heterocycles. The van der Waals surface area contributed by atoms with Crippen molar-refractivity contribution in [3.63, 3.8) is 0 Å². The number of hydrogen-bond donors (Lipinski definition) is 1. The number of piperidine rings is 1. The molecule has 7 nitrogen and oxygen atoms in total. The first-order chi connectivity index (χ1) is 11.8. The first-order valence-corrected chi connectivity index (χ1v) is 9.77. The van der Waals surface area contributed by atoms with Crippen molar-refractivity contribution in [2.45, 2.75) is 58.3 Å². The molecule has 1 aliphatic carbocycles. The summed E-state index contributed by atoms with van der Waals surface area (Å²) < 4.78 is 1.95. The van der Waals surface area contributed by atoms with Gasteiger partial charge >= 0.3 is 0 Å². The summed E-state index contributed by atoms with van der Waals surface area (Å²) in [6.07, 6.45) is 6.81. The van der Waals surface area contributed by atoms with Crippen molar-refractivity contribution in [1.29, 1.82) is 0 Å². The smallest absolute Gasteiger partial charge is 0.165 e. The van der Waals surface area contributed by atoms with E-state index in [4.69, 9.17) is 0 Å². The molecule has 0 unspecified atom stereocenters. The summed E-state index contributed by atoms with van der Waals surface area (Å²) >= 11 is 1.74. The largest absolute Gasteiger partial charge is 0.317 e. The van der Waals surface area contributed by atoms with E-state index in [0.717, 1.165) is 45.0 Å². The van der Waals surface area contributed by atoms with Crippen molar-refractivity contribution in [3.8, 4) is 0 Å². The highest BCUT2D eigenvalue weighted by Gasteiger charge is 2.56. The third kappa shape index (κ3) is 3.22. The maximum atomic E-state index is 4.49. The molecule has 1 atom stereocenters. The molecule has 0 radical (unpaired) electrons. The fourth-order valence-electron chi connectivity index (χ4n) is 3.99. The van der Waals surface area contributed by atoms with Crippen LogP contribution in [0.3, 0.4) is 0 Å².